The molecule has 1 atom stereocenters. The number of hydrogen-bond donors (Lipinski definition) is 1. The maximum Gasteiger partial charge on any atom is 0.231 e. The fourth-order valence-electron chi connectivity index (χ4n) is 3.18. The van der Waals surface area contributed by atoms with Crippen LogP contribution in [0.1, 0.15) is 13.8 Å². The number of benzene rings is 1. The number of anilines is 1. The van der Waals surface area contributed by atoms with E-state index in [0.29, 0.717) is 6.67 Å². The number of hydrogen-bond acceptors (Lipinski definition) is 5. The zero-order valence-electron chi connectivity index (χ0n) is 12.6. The summed E-state index contributed by atoms with van der Waals surface area (Å²) >= 11 is 0. The van der Waals surface area contributed by atoms with Gasteiger partial charge in [-0.3, -0.25) is 9.69 Å². The molecule has 3 rings (SSSR count). The Morgan fingerprint density at radius 3 is 2.95 bits per heavy atom. The first-order valence-corrected chi connectivity index (χ1v) is 7.05. The van der Waals surface area contributed by atoms with Crippen molar-refractivity contribution < 1.29 is 14.3 Å². The number of nitrogens with zero attached hydrogens (tertiary/aromatic N) is 2. The van der Waals surface area contributed by atoms with E-state index >= 15 is 0 Å². The highest BCUT2D eigenvalue weighted by molar-refractivity contribution is 5.76. The molecule has 2 aliphatic heterocycles. The summed E-state index contributed by atoms with van der Waals surface area (Å²) in [5, 5.41) is 0. The van der Waals surface area contributed by atoms with Gasteiger partial charge in [-0.05, 0) is 26.0 Å². The standard InChI is InChI=1S/C15H21N3O3/c1-15(2)13-7-17(8-14(16)19)9-18(13)11-6-10(20-3)4-5-12(11)21-15/h4-6,13H,7-9H2,1-3H3,(H2,16,19). The second-order valence-electron chi connectivity index (χ2n) is 6.14. The molecular formula is C15H21N3O3. The summed E-state index contributed by atoms with van der Waals surface area (Å²) in [6.07, 6.45) is 0. The third kappa shape index (κ3) is 2.40. The molecule has 1 fully saturated rings. The maximum atomic E-state index is 11.2. The van der Waals surface area contributed by atoms with Crippen LogP contribution in [-0.4, -0.2) is 49.3 Å². The van der Waals surface area contributed by atoms with Crippen LogP contribution in [0.2, 0.25) is 0 Å². The van der Waals surface area contributed by atoms with Crippen LogP contribution < -0.4 is 20.1 Å². The van der Waals surface area contributed by atoms with E-state index in [4.69, 9.17) is 15.2 Å². The van der Waals surface area contributed by atoms with Gasteiger partial charge in [-0.25, -0.2) is 0 Å². The van der Waals surface area contributed by atoms with Crippen LogP contribution in [0.4, 0.5) is 5.69 Å². The Morgan fingerprint density at radius 1 is 1.52 bits per heavy atom. The van der Waals surface area contributed by atoms with Gasteiger partial charge in [0, 0.05) is 12.6 Å². The minimum absolute atomic E-state index is 0.177. The number of nitrogens with two attached hydrogens (primary N) is 1. The molecule has 1 amide bonds. The number of ether oxygens (including phenoxy) is 2. The molecule has 0 saturated carbocycles. The van der Waals surface area contributed by atoms with E-state index in [1.165, 1.54) is 0 Å². The molecule has 1 saturated heterocycles. The number of carbonyl (C=O) groups is 1. The average Bonchev–Trinajstić information content (AvgIpc) is 2.82. The predicted molar refractivity (Wildman–Crippen MR) is 79.6 cm³/mol. The molecule has 6 heteroatoms. The molecule has 0 aromatic heterocycles. The molecule has 0 aliphatic carbocycles. The molecule has 6 nitrogen and oxygen atoms in total. The van der Waals surface area contributed by atoms with Crippen molar-refractivity contribution in [2.45, 2.75) is 25.5 Å². The minimum Gasteiger partial charge on any atom is -0.497 e. The van der Waals surface area contributed by atoms with E-state index in [0.717, 1.165) is 23.7 Å². The third-order valence-corrected chi connectivity index (χ3v) is 4.19. The SMILES string of the molecule is COc1ccc2c(c1)N1CN(CC(N)=O)CC1C(C)(C)O2. The second-order valence-corrected chi connectivity index (χ2v) is 6.14. The van der Waals surface area contributed by atoms with Crippen LogP contribution in [0.3, 0.4) is 0 Å². The maximum absolute atomic E-state index is 11.2. The molecule has 0 bridgehead atoms. The highest BCUT2D eigenvalue weighted by Gasteiger charge is 2.47. The Morgan fingerprint density at radius 2 is 2.29 bits per heavy atom. The minimum atomic E-state index is -0.325. The Hall–Kier alpha value is -1.95. The quantitative estimate of drug-likeness (QED) is 0.892. The molecule has 114 valence electrons. The lowest BCUT2D eigenvalue weighted by atomic mass is 9.95. The Kier molecular flexibility index (Phi) is 3.20. The highest BCUT2D eigenvalue weighted by atomic mass is 16.5. The molecule has 1 aromatic rings. The second kappa shape index (κ2) is 4.80. The summed E-state index contributed by atoms with van der Waals surface area (Å²) in [6, 6.07) is 5.98. The van der Waals surface area contributed by atoms with Crippen LogP contribution >= 0.6 is 0 Å². The number of fused-ring (bicyclic) bond motifs is 3. The fraction of sp³-hybridized carbons (Fsp3) is 0.533. The number of amides is 1. The van der Waals surface area contributed by atoms with Gasteiger partial charge in [0.25, 0.3) is 0 Å². The number of rotatable bonds is 3. The summed E-state index contributed by atoms with van der Waals surface area (Å²) in [6.45, 7) is 5.84. The lowest BCUT2D eigenvalue weighted by molar-refractivity contribution is -0.118. The predicted octanol–water partition coefficient (Wildman–Crippen LogP) is 0.800. The molecule has 0 radical (unpaired) electrons. The summed E-state index contributed by atoms with van der Waals surface area (Å²) in [4.78, 5) is 15.5. The number of primary amides is 1. The van der Waals surface area contributed by atoms with Gasteiger partial charge in [0.15, 0.2) is 0 Å². The molecule has 2 aliphatic rings. The van der Waals surface area contributed by atoms with Gasteiger partial charge < -0.3 is 20.1 Å². The van der Waals surface area contributed by atoms with Gasteiger partial charge in [0.1, 0.15) is 17.1 Å². The van der Waals surface area contributed by atoms with E-state index in [1.807, 2.05) is 23.1 Å². The number of methoxy groups -OCH3 is 1. The van der Waals surface area contributed by atoms with Crippen LogP contribution in [0.5, 0.6) is 11.5 Å². The zero-order chi connectivity index (χ0) is 15.2. The zero-order valence-corrected chi connectivity index (χ0v) is 12.6. The third-order valence-electron chi connectivity index (χ3n) is 4.19. The molecule has 2 heterocycles. The van der Waals surface area contributed by atoms with Crippen molar-refractivity contribution in [2.75, 3.05) is 31.8 Å². The van der Waals surface area contributed by atoms with Crippen LogP contribution in [0.25, 0.3) is 0 Å². The van der Waals surface area contributed by atoms with Crippen molar-refractivity contribution >= 4 is 11.6 Å². The van der Waals surface area contributed by atoms with Gasteiger partial charge >= 0.3 is 0 Å². The lowest BCUT2D eigenvalue weighted by Gasteiger charge is -2.44. The van der Waals surface area contributed by atoms with Crippen LogP contribution in [0, 0.1) is 0 Å². The van der Waals surface area contributed by atoms with Crippen molar-refractivity contribution in [1.82, 2.24) is 4.90 Å². The van der Waals surface area contributed by atoms with Crippen molar-refractivity contribution in [3.63, 3.8) is 0 Å². The van der Waals surface area contributed by atoms with Crippen LogP contribution in [-0.2, 0) is 4.79 Å². The average molecular weight is 291 g/mol. The van der Waals surface area contributed by atoms with Gasteiger partial charge in [-0.2, -0.15) is 0 Å². The van der Waals surface area contributed by atoms with Gasteiger partial charge in [-0.1, -0.05) is 0 Å². The summed E-state index contributed by atoms with van der Waals surface area (Å²) in [5.74, 6) is 1.33. The van der Waals surface area contributed by atoms with E-state index in [9.17, 15) is 4.79 Å². The van der Waals surface area contributed by atoms with Crippen molar-refractivity contribution in [1.29, 1.82) is 0 Å². The number of carbonyl (C=O) groups excluding carboxylic acids is 1. The Bertz CT molecular complexity index is 573. The first-order chi connectivity index (χ1) is 9.90. The van der Waals surface area contributed by atoms with Gasteiger partial charge in [0.2, 0.25) is 5.91 Å². The van der Waals surface area contributed by atoms with E-state index in [2.05, 4.69) is 18.7 Å². The van der Waals surface area contributed by atoms with E-state index in [1.54, 1.807) is 7.11 Å². The molecule has 0 spiro atoms. The van der Waals surface area contributed by atoms with Gasteiger partial charge in [0.05, 0.1) is 32.1 Å². The first kappa shape index (κ1) is 14.0. The molecule has 21 heavy (non-hydrogen) atoms. The fourth-order valence-corrected chi connectivity index (χ4v) is 3.18. The molecule has 2 N–H and O–H groups in total. The van der Waals surface area contributed by atoms with Crippen LogP contribution in [0.15, 0.2) is 18.2 Å². The Balaban J connectivity index is 1.96. The lowest BCUT2D eigenvalue weighted by Crippen LogP contribution is -2.54. The van der Waals surface area contributed by atoms with Crippen molar-refractivity contribution in [2.24, 2.45) is 5.73 Å². The van der Waals surface area contributed by atoms with Crippen molar-refractivity contribution in [3.05, 3.63) is 18.2 Å². The highest BCUT2D eigenvalue weighted by Crippen LogP contribution is 2.44. The topological polar surface area (TPSA) is 68.0 Å². The Labute approximate surface area is 124 Å². The summed E-state index contributed by atoms with van der Waals surface area (Å²) in [5.41, 5.74) is 6.00. The van der Waals surface area contributed by atoms with E-state index in [-0.39, 0.29) is 24.1 Å². The normalized spacial score (nSPS) is 23.2. The molecule has 1 aromatic carbocycles. The molecule has 1 unspecified atom stereocenters. The monoisotopic (exact) mass is 291 g/mol. The largest absolute Gasteiger partial charge is 0.497 e. The smallest absolute Gasteiger partial charge is 0.231 e. The van der Waals surface area contributed by atoms with Crippen molar-refractivity contribution in [3.8, 4) is 11.5 Å². The van der Waals surface area contributed by atoms with E-state index < -0.39 is 0 Å². The summed E-state index contributed by atoms with van der Waals surface area (Å²) in [7, 11) is 1.65. The summed E-state index contributed by atoms with van der Waals surface area (Å²) < 4.78 is 11.4. The van der Waals surface area contributed by atoms with Gasteiger partial charge in [-0.15, -0.1) is 0 Å². The first-order valence-electron chi connectivity index (χ1n) is 7.05. The molecular weight excluding hydrogens is 270 g/mol.